The minimum atomic E-state index is -0.485. The average Bonchev–Trinajstić information content (AvgIpc) is 2.34. The summed E-state index contributed by atoms with van der Waals surface area (Å²) in [5.74, 6) is 1.30. The molecular weight excluding hydrogens is 238 g/mol. The third-order valence-electron chi connectivity index (χ3n) is 2.25. The van der Waals surface area contributed by atoms with Gasteiger partial charge in [0.15, 0.2) is 5.78 Å². The van der Waals surface area contributed by atoms with Crippen molar-refractivity contribution in [1.82, 2.24) is 0 Å². The Balaban J connectivity index is 2.56. The number of nitrogens with zero attached hydrogens (tertiary/aromatic N) is 1. The topological polar surface area (TPSA) is 60.2 Å². The van der Waals surface area contributed by atoms with Crippen LogP contribution in [0.25, 0.3) is 0 Å². The lowest BCUT2D eigenvalue weighted by Crippen LogP contribution is -2.03. The van der Waals surface area contributed by atoms with E-state index in [0.717, 1.165) is 18.6 Å². The molecule has 0 unspecified atom stereocenters. The average molecular weight is 253 g/mol. The molecule has 0 aliphatic rings. The van der Waals surface area contributed by atoms with Crippen molar-refractivity contribution in [2.45, 2.75) is 19.8 Å². The van der Waals surface area contributed by atoms with Crippen LogP contribution in [0.5, 0.6) is 0 Å². The van der Waals surface area contributed by atoms with Crippen molar-refractivity contribution in [3.05, 3.63) is 39.9 Å². The van der Waals surface area contributed by atoms with Gasteiger partial charge < -0.3 is 0 Å². The van der Waals surface area contributed by atoms with E-state index in [-0.39, 0.29) is 11.5 Å². The van der Waals surface area contributed by atoms with E-state index in [1.165, 1.54) is 12.1 Å². The molecule has 0 aromatic heterocycles. The van der Waals surface area contributed by atoms with Gasteiger partial charge in [-0.2, -0.15) is 11.8 Å². The fraction of sp³-hybridized carbons (Fsp3) is 0.417. The van der Waals surface area contributed by atoms with E-state index in [1.807, 2.05) is 0 Å². The SMILES string of the molecule is CCCCSCC(=O)c1cccc([N+](=O)[O-])c1. The predicted molar refractivity (Wildman–Crippen MR) is 69.7 cm³/mol. The number of carbonyl (C=O) groups excluding carboxylic acids is 1. The largest absolute Gasteiger partial charge is 0.293 e. The summed E-state index contributed by atoms with van der Waals surface area (Å²) in [6, 6.07) is 5.89. The summed E-state index contributed by atoms with van der Waals surface area (Å²) < 4.78 is 0. The minimum Gasteiger partial charge on any atom is -0.293 e. The van der Waals surface area contributed by atoms with Crippen LogP contribution in [0.1, 0.15) is 30.1 Å². The molecule has 0 aliphatic carbocycles. The zero-order valence-corrected chi connectivity index (χ0v) is 10.5. The zero-order valence-electron chi connectivity index (χ0n) is 9.72. The monoisotopic (exact) mass is 253 g/mol. The van der Waals surface area contributed by atoms with Crippen molar-refractivity contribution >= 4 is 23.2 Å². The molecule has 0 saturated carbocycles. The molecule has 0 heterocycles. The van der Waals surface area contributed by atoms with Crippen LogP contribution in [0.2, 0.25) is 0 Å². The quantitative estimate of drug-likeness (QED) is 0.324. The highest BCUT2D eigenvalue weighted by atomic mass is 32.2. The lowest BCUT2D eigenvalue weighted by molar-refractivity contribution is -0.384. The van der Waals surface area contributed by atoms with Crippen molar-refractivity contribution in [3.63, 3.8) is 0 Å². The van der Waals surface area contributed by atoms with E-state index >= 15 is 0 Å². The van der Waals surface area contributed by atoms with Crippen LogP contribution < -0.4 is 0 Å². The van der Waals surface area contributed by atoms with Crippen LogP contribution in [0.4, 0.5) is 5.69 Å². The van der Waals surface area contributed by atoms with Gasteiger partial charge in [0.1, 0.15) is 0 Å². The van der Waals surface area contributed by atoms with Gasteiger partial charge in [0, 0.05) is 17.7 Å². The van der Waals surface area contributed by atoms with Crippen LogP contribution in [-0.2, 0) is 0 Å². The van der Waals surface area contributed by atoms with Crippen molar-refractivity contribution < 1.29 is 9.72 Å². The minimum absolute atomic E-state index is 0.0330. The number of benzene rings is 1. The van der Waals surface area contributed by atoms with Crippen LogP contribution >= 0.6 is 11.8 Å². The number of thioether (sulfide) groups is 1. The van der Waals surface area contributed by atoms with Crippen molar-refractivity contribution in [2.75, 3.05) is 11.5 Å². The van der Waals surface area contributed by atoms with Gasteiger partial charge >= 0.3 is 0 Å². The number of nitro groups is 1. The highest BCUT2D eigenvalue weighted by Gasteiger charge is 2.11. The maximum absolute atomic E-state index is 11.7. The molecule has 0 aliphatic heterocycles. The Hall–Kier alpha value is -1.36. The van der Waals surface area contributed by atoms with E-state index in [0.29, 0.717) is 11.3 Å². The van der Waals surface area contributed by atoms with Gasteiger partial charge in [-0.3, -0.25) is 14.9 Å². The van der Waals surface area contributed by atoms with Gasteiger partial charge in [-0.25, -0.2) is 0 Å². The number of ketones is 1. The van der Waals surface area contributed by atoms with Crippen molar-refractivity contribution in [1.29, 1.82) is 0 Å². The van der Waals surface area contributed by atoms with Crippen molar-refractivity contribution in [2.24, 2.45) is 0 Å². The maximum atomic E-state index is 11.7. The molecule has 92 valence electrons. The van der Waals surface area contributed by atoms with E-state index in [9.17, 15) is 14.9 Å². The molecule has 5 heteroatoms. The summed E-state index contributed by atoms with van der Waals surface area (Å²) in [7, 11) is 0. The number of rotatable bonds is 7. The standard InChI is InChI=1S/C12H15NO3S/c1-2-3-7-17-9-12(14)10-5-4-6-11(8-10)13(15)16/h4-6,8H,2-3,7,9H2,1H3. The molecule has 4 nitrogen and oxygen atoms in total. The Bertz CT molecular complexity index is 406. The Labute approximate surface area is 105 Å². The first-order chi connectivity index (χ1) is 8.15. The number of Topliss-reactive ketones (excluding diaryl/α,β-unsaturated/α-hetero) is 1. The number of hydrogen-bond donors (Lipinski definition) is 0. The summed E-state index contributed by atoms with van der Waals surface area (Å²) in [4.78, 5) is 21.8. The van der Waals surface area contributed by atoms with E-state index < -0.39 is 4.92 Å². The maximum Gasteiger partial charge on any atom is 0.270 e. The molecule has 1 aromatic rings. The van der Waals surface area contributed by atoms with Crippen LogP contribution in [-0.4, -0.2) is 22.2 Å². The first-order valence-electron chi connectivity index (χ1n) is 5.50. The molecule has 0 N–H and O–H groups in total. The molecule has 0 atom stereocenters. The molecule has 0 amide bonds. The first kappa shape index (κ1) is 13.7. The smallest absolute Gasteiger partial charge is 0.270 e. The Morgan fingerprint density at radius 2 is 2.24 bits per heavy atom. The second-order valence-electron chi connectivity index (χ2n) is 3.64. The lowest BCUT2D eigenvalue weighted by atomic mass is 10.1. The molecule has 0 radical (unpaired) electrons. The Morgan fingerprint density at radius 1 is 1.47 bits per heavy atom. The van der Waals surface area contributed by atoms with Gasteiger partial charge in [0.25, 0.3) is 5.69 Å². The predicted octanol–water partition coefficient (Wildman–Crippen LogP) is 3.31. The van der Waals surface area contributed by atoms with E-state index in [2.05, 4.69) is 6.92 Å². The Kier molecular flexibility index (Phi) is 5.69. The number of hydrogen-bond acceptors (Lipinski definition) is 4. The molecule has 0 fully saturated rings. The van der Waals surface area contributed by atoms with E-state index in [4.69, 9.17) is 0 Å². The molecule has 17 heavy (non-hydrogen) atoms. The third-order valence-corrected chi connectivity index (χ3v) is 3.30. The number of non-ortho nitro benzene ring substituents is 1. The van der Waals surface area contributed by atoms with Gasteiger partial charge in [-0.15, -0.1) is 0 Å². The fourth-order valence-electron chi connectivity index (χ4n) is 1.29. The molecule has 1 aromatic carbocycles. The normalized spacial score (nSPS) is 10.2. The van der Waals surface area contributed by atoms with Gasteiger partial charge in [0.05, 0.1) is 10.7 Å². The summed E-state index contributed by atoms with van der Waals surface area (Å²) in [6.45, 7) is 2.10. The summed E-state index contributed by atoms with van der Waals surface area (Å²) in [6.07, 6.45) is 2.20. The molecule has 0 saturated heterocycles. The highest BCUT2D eigenvalue weighted by Crippen LogP contribution is 2.15. The van der Waals surface area contributed by atoms with Crippen LogP contribution in [0.3, 0.4) is 0 Å². The van der Waals surface area contributed by atoms with Gasteiger partial charge in [-0.1, -0.05) is 25.5 Å². The second kappa shape index (κ2) is 7.06. The Morgan fingerprint density at radius 3 is 2.88 bits per heavy atom. The molecule has 0 spiro atoms. The molecular formula is C12H15NO3S. The third kappa shape index (κ3) is 4.56. The molecule has 0 bridgehead atoms. The summed E-state index contributed by atoms with van der Waals surface area (Å²) >= 11 is 1.58. The fourth-order valence-corrected chi connectivity index (χ4v) is 2.28. The summed E-state index contributed by atoms with van der Waals surface area (Å²) in [5, 5.41) is 10.6. The molecule has 1 rings (SSSR count). The van der Waals surface area contributed by atoms with Crippen molar-refractivity contribution in [3.8, 4) is 0 Å². The first-order valence-corrected chi connectivity index (χ1v) is 6.66. The number of nitro benzene ring substituents is 1. The lowest BCUT2D eigenvalue weighted by Gasteiger charge is -2.01. The zero-order chi connectivity index (χ0) is 12.7. The van der Waals surface area contributed by atoms with Gasteiger partial charge in [-0.05, 0) is 12.2 Å². The summed E-state index contributed by atoms with van der Waals surface area (Å²) in [5.41, 5.74) is 0.387. The van der Waals surface area contributed by atoms with Crippen LogP contribution in [0.15, 0.2) is 24.3 Å². The second-order valence-corrected chi connectivity index (χ2v) is 4.74. The van der Waals surface area contributed by atoms with Gasteiger partial charge in [0.2, 0.25) is 0 Å². The number of carbonyl (C=O) groups is 1. The highest BCUT2D eigenvalue weighted by molar-refractivity contribution is 7.99. The van der Waals surface area contributed by atoms with Crippen LogP contribution in [0, 0.1) is 10.1 Å². The number of unbranched alkanes of at least 4 members (excludes halogenated alkanes) is 1. The van der Waals surface area contributed by atoms with E-state index in [1.54, 1.807) is 23.9 Å².